The summed E-state index contributed by atoms with van der Waals surface area (Å²) < 4.78 is 9.29. The monoisotopic (exact) mass is 657 g/mol. The SMILES string of the molecule is c1ccc(-c2nc(-c3ccccc3)nc(-c3ccc4c(c3)oc3c(-c5ccc(-c6ccc7sc8ccccc8c7c6)cc5)cccc34)n2)cc1. The molecule has 0 aliphatic heterocycles. The van der Waals surface area contributed by atoms with Crippen molar-refractivity contribution < 1.29 is 4.42 Å². The topological polar surface area (TPSA) is 51.8 Å². The van der Waals surface area contributed by atoms with Crippen LogP contribution in [-0.4, -0.2) is 15.0 Å². The van der Waals surface area contributed by atoms with Crippen LogP contribution in [0.2, 0.25) is 0 Å². The molecule has 0 saturated heterocycles. The van der Waals surface area contributed by atoms with Gasteiger partial charge in [-0.1, -0.05) is 133 Å². The average molecular weight is 658 g/mol. The summed E-state index contributed by atoms with van der Waals surface area (Å²) in [6.45, 7) is 0. The molecular formula is C45H27N3OS. The maximum absolute atomic E-state index is 6.65. The molecule has 5 heteroatoms. The van der Waals surface area contributed by atoms with Crippen LogP contribution in [0.3, 0.4) is 0 Å². The molecule has 50 heavy (non-hydrogen) atoms. The van der Waals surface area contributed by atoms with E-state index in [1.165, 1.54) is 31.3 Å². The molecule has 10 aromatic rings. The fourth-order valence-electron chi connectivity index (χ4n) is 6.85. The minimum Gasteiger partial charge on any atom is -0.455 e. The number of para-hydroxylation sites is 1. The van der Waals surface area contributed by atoms with Gasteiger partial charge in [-0.25, -0.2) is 15.0 Å². The van der Waals surface area contributed by atoms with Crippen LogP contribution in [-0.2, 0) is 0 Å². The van der Waals surface area contributed by atoms with Gasteiger partial charge < -0.3 is 4.42 Å². The summed E-state index contributed by atoms with van der Waals surface area (Å²) in [5, 5.41) is 4.76. The standard InChI is InChI=1S/C45H27N3OS/c1-3-10-30(11-4-1)43-46-44(31-12-5-2-6-13-31)48-45(47-43)33-22-24-35-37-16-9-15-34(42(37)49-39(35)27-33)29-20-18-28(19-21-29)32-23-25-41-38(26-32)36-14-7-8-17-40(36)50-41/h1-27H. The van der Waals surface area contributed by atoms with Crippen molar-refractivity contribution in [3.63, 3.8) is 0 Å². The van der Waals surface area contributed by atoms with E-state index in [1.807, 2.05) is 78.1 Å². The number of hydrogen-bond acceptors (Lipinski definition) is 5. The summed E-state index contributed by atoms with van der Waals surface area (Å²) in [4.78, 5) is 14.7. The van der Waals surface area contributed by atoms with E-state index in [1.54, 1.807) is 0 Å². The molecular weight excluding hydrogens is 631 g/mol. The lowest BCUT2D eigenvalue weighted by atomic mass is 9.98. The second kappa shape index (κ2) is 11.6. The molecule has 0 spiro atoms. The zero-order chi connectivity index (χ0) is 33.0. The first kappa shape index (κ1) is 28.6. The number of fused-ring (bicyclic) bond motifs is 6. The Labute approximate surface area is 292 Å². The van der Waals surface area contributed by atoms with Crippen LogP contribution < -0.4 is 0 Å². The molecule has 0 radical (unpaired) electrons. The third-order valence-electron chi connectivity index (χ3n) is 9.36. The Hall–Kier alpha value is -6.43. The van der Waals surface area contributed by atoms with Crippen molar-refractivity contribution in [1.29, 1.82) is 0 Å². The molecule has 0 amide bonds. The van der Waals surface area contributed by atoms with E-state index < -0.39 is 0 Å². The van der Waals surface area contributed by atoms with Crippen LogP contribution in [0.5, 0.6) is 0 Å². The second-order valence-electron chi connectivity index (χ2n) is 12.4. The van der Waals surface area contributed by atoms with Gasteiger partial charge in [0.2, 0.25) is 0 Å². The highest BCUT2D eigenvalue weighted by molar-refractivity contribution is 7.25. The third-order valence-corrected chi connectivity index (χ3v) is 10.5. The molecule has 0 N–H and O–H groups in total. The highest BCUT2D eigenvalue weighted by Gasteiger charge is 2.16. The molecule has 0 aliphatic carbocycles. The summed E-state index contributed by atoms with van der Waals surface area (Å²) in [6.07, 6.45) is 0. The van der Waals surface area contributed by atoms with E-state index in [0.717, 1.165) is 49.8 Å². The molecule has 0 aliphatic rings. The first-order valence-corrected chi connectivity index (χ1v) is 17.4. The lowest BCUT2D eigenvalue weighted by Gasteiger charge is -2.08. The van der Waals surface area contributed by atoms with Gasteiger partial charge in [-0.05, 0) is 47.0 Å². The van der Waals surface area contributed by atoms with Crippen LogP contribution >= 0.6 is 11.3 Å². The number of furan rings is 1. The van der Waals surface area contributed by atoms with Crippen molar-refractivity contribution in [2.24, 2.45) is 0 Å². The Bertz CT molecular complexity index is 2800. The molecule has 3 aromatic heterocycles. The van der Waals surface area contributed by atoms with Crippen LogP contribution in [0.25, 0.3) is 98.5 Å². The van der Waals surface area contributed by atoms with E-state index in [-0.39, 0.29) is 0 Å². The fraction of sp³-hybridized carbons (Fsp3) is 0. The molecule has 0 unspecified atom stereocenters. The maximum Gasteiger partial charge on any atom is 0.164 e. The second-order valence-corrected chi connectivity index (χ2v) is 13.5. The van der Waals surface area contributed by atoms with Crippen molar-refractivity contribution in [3.8, 4) is 56.4 Å². The number of nitrogens with zero attached hydrogens (tertiary/aromatic N) is 3. The smallest absolute Gasteiger partial charge is 0.164 e. The average Bonchev–Trinajstić information content (AvgIpc) is 3.76. The fourth-order valence-corrected chi connectivity index (χ4v) is 7.94. The zero-order valence-corrected chi connectivity index (χ0v) is 27.6. The van der Waals surface area contributed by atoms with Gasteiger partial charge >= 0.3 is 0 Å². The maximum atomic E-state index is 6.65. The van der Waals surface area contributed by atoms with Gasteiger partial charge in [-0.15, -0.1) is 11.3 Å². The predicted molar refractivity (Wildman–Crippen MR) is 207 cm³/mol. The van der Waals surface area contributed by atoms with Crippen LogP contribution in [0.1, 0.15) is 0 Å². The minimum absolute atomic E-state index is 0.601. The lowest BCUT2D eigenvalue weighted by molar-refractivity contribution is 0.670. The molecule has 0 saturated carbocycles. The van der Waals surface area contributed by atoms with Crippen molar-refractivity contribution in [1.82, 2.24) is 15.0 Å². The molecule has 234 valence electrons. The molecule has 0 fully saturated rings. The predicted octanol–water partition coefficient (Wildman–Crippen LogP) is 12.5. The van der Waals surface area contributed by atoms with Crippen LogP contribution in [0.15, 0.2) is 168 Å². The van der Waals surface area contributed by atoms with Gasteiger partial charge in [-0.2, -0.15) is 0 Å². The summed E-state index contributed by atoms with van der Waals surface area (Å²) in [7, 11) is 0. The largest absolute Gasteiger partial charge is 0.455 e. The molecule has 3 heterocycles. The molecule has 7 aromatic carbocycles. The third kappa shape index (κ3) is 4.87. The molecule has 0 bridgehead atoms. The Balaban J connectivity index is 1.04. The number of hydrogen-bond donors (Lipinski definition) is 0. The van der Waals surface area contributed by atoms with E-state index in [0.29, 0.717) is 17.5 Å². The Kier molecular flexibility index (Phi) is 6.64. The van der Waals surface area contributed by atoms with Crippen LogP contribution in [0.4, 0.5) is 0 Å². The summed E-state index contributed by atoms with van der Waals surface area (Å²) in [6, 6.07) is 56.9. The molecule has 10 rings (SSSR count). The number of aromatic nitrogens is 3. The summed E-state index contributed by atoms with van der Waals surface area (Å²) in [5.41, 5.74) is 8.98. The van der Waals surface area contributed by atoms with Crippen molar-refractivity contribution in [3.05, 3.63) is 164 Å². The normalized spacial score (nSPS) is 11.6. The van der Waals surface area contributed by atoms with Gasteiger partial charge in [0, 0.05) is 53.2 Å². The summed E-state index contributed by atoms with van der Waals surface area (Å²) in [5.74, 6) is 1.87. The summed E-state index contributed by atoms with van der Waals surface area (Å²) >= 11 is 1.85. The highest BCUT2D eigenvalue weighted by Crippen LogP contribution is 2.39. The van der Waals surface area contributed by atoms with Gasteiger partial charge in [0.25, 0.3) is 0 Å². The Morgan fingerprint density at radius 2 is 0.940 bits per heavy atom. The van der Waals surface area contributed by atoms with Crippen LogP contribution in [0, 0.1) is 0 Å². The van der Waals surface area contributed by atoms with E-state index in [4.69, 9.17) is 19.4 Å². The van der Waals surface area contributed by atoms with Gasteiger partial charge in [0.15, 0.2) is 17.5 Å². The number of rotatable bonds is 5. The van der Waals surface area contributed by atoms with Crippen molar-refractivity contribution in [2.75, 3.05) is 0 Å². The lowest BCUT2D eigenvalue weighted by Crippen LogP contribution is -2.00. The Morgan fingerprint density at radius 3 is 1.68 bits per heavy atom. The zero-order valence-electron chi connectivity index (χ0n) is 26.7. The first-order valence-electron chi connectivity index (χ1n) is 16.6. The van der Waals surface area contributed by atoms with Crippen molar-refractivity contribution in [2.45, 2.75) is 0 Å². The minimum atomic E-state index is 0.601. The van der Waals surface area contributed by atoms with Gasteiger partial charge in [0.05, 0.1) is 0 Å². The van der Waals surface area contributed by atoms with E-state index in [9.17, 15) is 0 Å². The van der Waals surface area contributed by atoms with E-state index >= 15 is 0 Å². The quantitative estimate of drug-likeness (QED) is 0.185. The Morgan fingerprint density at radius 1 is 0.360 bits per heavy atom. The number of benzene rings is 7. The van der Waals surface area contributed by atoms with Crippen molar-refractivity contribution >= 4 is 53.4 Å². The first-order chi connectivity index (χ1) is 24.7. The highest BCUT2D eigenvalue weighted by atomic mass is 32.1. The molecule has 4 nitrogen and oxygen atoms in total. The molecule has 0 atom stereocenters. The van der Waals surface area contributed by atoms with Gasteiger partial charge in [0.1, 0.15) is 11.2 Å². The number of thiophene rings is 1. The van der Waals surface area contributed by atoms with E-state index in [2.05, 4.69) is 97.1 Å². The van der Waals surface area contributed by atoms with Gasteiger partial charge in [-0.3, -0.25) is 0 Å².